The fraction of sp³-hybridized carbons (Fsp3) is 0.381. The molecule has 164 valence electrons. The van der Waals surface area contributed by atoms with Crippen molar-refractivity contribution in [1.82, 2.24) is 14.5 Å². The maximum absolute atomic E-state index is 13.0. The minimum absolute atomic E-state index is 0.0239. The van der Waals surface area contributed by atoms with Crippen LogP contribution in [0.15, 0.2) is 50.4 Å². The van der Waals surface area contributed by atoms with Crippen molar-refractivity contribution in [3.05, 3.63) is 58.8 Å². The number of nitrogens with zero attached hydrogens (tertiary/aromatic N) is 3. The number of benzene rings is 1. The lowest BCUT2D eigenvalue weighted by Gasteiger charge is -2.32. The number of hydrogen-bond acceptors (Lipinski definition) is 7. The first-order valence-electron chi connectivity index (χ1n) is 10.2. The average molecular weight is 461 g/mol. The highest BCUT2D eigenvalue weighted by Crippen LogP contribution is 2.28. The zero-order valence-electron chi connectivity index (χ0n) is 17.2. The van der Waals surface area contributed by atoms with Gasteiger partial charge in [-0.15, -0.1) is 16.4 Å². The predicted octanol–water partition coefficient (Wildman–Crippen LogP) is 3.47. The lowest BCUT2D eigenvalue weighted by molar-refractivity contribution is -0.120. The van der Waals surface area contributed by atoms with Crippen molar-refractivity contribution in [2.45, 2.75) is 49.3 Å². The molecular weight excluding hydrogens is 436 g/mol. The molecule has 0 saturated carbocycles. The lowest BCUT2D eigenvalue weighted by Crippen LogP contribution is -2.49. The predicted molar refractivity (Wildman–Crippen MR) is 117 cm³/mol. The van der Waals surface area contributed by atoms with Gasteiger partial charge in [0.05, 0.1) is 6.42 Å². The van der Waals surface area contributed by atoms with Crippen molar-refractivity contribution in [2.24, 2.45) is 0 Å². The van der Waals surface area contributed by atoms with E-state index in [2.05, 4.69) is 34.6 Å². The van der Waals surface area contributed by atoms with E-state index in [1.807, 2.05) is 12.1 Å². The van der Waals surface area contributed by atoms with E-state index >= 15 is 0 Å². The summed E-state index contributed by atoms with van der Waals surface area (Å²) >= 11 is 1.15. The third-order valence-corrected chi connectivity index (χ3v) is 8.58. The summed E-state index contributed by atoms with van der Waals surface area (Å²) in [6.45, 7) is 2.41. The second kappa shape index (κ2) is 9.29. The molecule has 31 heavy (non-hydrogen) atoms. The number of aryl methyl sites for hydroxylation is 1. The second-order valence-corrected chi connectivity index (χ2v) is 10.5. The Hall–Kier alpha value is -2.56. The number of carbonyl (C=O) groups excluding carboxylic acids is 1. The molecule has 1 atom stereocenters. The van der Waals surface area contributed by atoms with E-state index in [1.165, 1.54) is 9.87 Å². The van der Waals surface area contributed by atoms with Crippen LogP contribution in [0.1, 0.15) is 43.2 Å². The molecule has 0 radical (unpaired) electrons. The van der Waals surface area contributed by atoms with Gasteiger partial charge < -0.3 is 4.42 Å². The topological polar surface area (TPSA) is 105 Å². The number of carbonyl (C=O) groups is 1. The number of thiophene rings is 1. The van der Waals surface area contributed by atoms with Gasteiger partial charge in [-0.3, -0.25) is 10.1 Å². The van der Waals surface area contributed by atoms with Crippen molar-refractivity contribution in [3.63, 3.8) is 0 Å². The van der Waals surface area contributed by atoms with Crippen LogP contribution in [0.5, 0.6) is 0 Å². The SMILES string of the molecule is CCc1ccc(Cc2nnc(NC(=O)C3CCCCN3S(=O)(=O)c3cccs3)o2)cc1. The molecule has 0 bridgehead atoms. The van der Waals surface area contributed by atoms with Gasteiger partial charge in [0, 0.05) is 6.54 Å². The van der Waals surface area contributed by atoms with Crippen LogP contribution in [0.3, 0.4) is 0 Å². The summed E-state index contributed by atoms with van der Waals surface area (Å²) in [7, 11) is -3.72. The molecule has 0 spiro atoms. The van der Waals surface area contributed by atoms with Gasteiger partial charge in [0.15, 0.2) is 0 Å². The smallest absolute Gasteiger partial charge is 0.322 e. The Bertz CT molecular complexity index is 1120. The fourth-order valence-electron chi connectivity index (χ4n) is 3.61. The van der Waals surface area contributed by atoms with Gasteiger partial charge in [0.2, 0.25) is 11.8 Å². The van der Waals surface area contributed by atoms with Crippen molar-refractivity contribution < 1.29 is 17.6 Å². The van der Waals surface area contributed by atoms with E-state index in [4.69, 9.17) is 4.42 Å². The van der Waals surface area contributed by atoms with Gasteiger partial charge in [-0.25, -0.2) is 8.42 Å². The molecular formula is C21H24N4O4S2. The standard InChI is InChI=1S/C21H24N4O4S2/c1-2-15-8-10-16(11-9-15)14-18-23-24-21(29-18)22-20(26)17-6-3-4-12-25(17)31(27,28)19-7-5-13-30-19/h5,7-11,13,17H,2-4,6,12,14H2,1H3,(H,22,24,26). The summed E-state index contributed by atoms with van der Waals surface area (Å²) in [6.07, 6.45) is 3.36. The van der Waals surface area contributed by atoms with Gasteiger partial charge in [0.25, 0.3) is 10.0 Å². The third-order valence-electron chi connectivity index (χ3n) is 5.30. The van der Waals surface area contributed by atoms with Gasteiger partial charge in [-0.05, 0) is 41.8 Å². The van der Waals surface area contributed by atoms with Gasteiger partial charge in [0.1, 0.15) is 10.3 Å². The Morgan fingerprint density at radius 1 is 1.19 bits per heavy atom. The molecule has 1 N–H and O–H groups in total. The Morgan fingerprint density at radius 3 is 2.68 bits per heavy atom. The fourth-order valence-corrected chi connectivity index (χ4v) is 6.39. The zero-order chi connectivity index (χ0) is 21.8. The van der Waals surface area contributed by atoms with Crippen LogP contribution < -0.4 is 5.32 Å². The molecule has 3 heterocycles. The van der Waals surface area contributed by atoms with E-state index in [1.54, 1.807) is 17.5 Å². The lowest BCUT2D eigenvalue weighted by atomic mass is 10.0. The van der Waals surface area contributed by atoms with Crippen molar-refractivity contribution in [3.8, 4) is 0 Å². The molecule has 2 aromatic heterocycles. The van der Waals surface area contributed by atoms with Crippen LogP contribution in [0, 0.1) is 0 Å². The van der Waals surface area contributed by atoms with E-state index in [9.17, 15) is 13.2 Å². The normalized spacial score (nSPS) is 17.5. The Balaban J connectivity index is 1.44. The van der Waals surface area contributed by atoms with Crippen LogP contribution in [0.4, 0.5) is 6.01 Å². The molecule has 1 amide bonds. The van der Waals surface area contributed by atoms with Crippen LogP contribution in [-0.2, 0) is 27.7 Å². The number of hydrogen-bond donors (Lipinski definition) is 1. The van der Waals surface area contributed by atoms with Crippen molar-refractivity contribution in [1.29, 1.82) is 0 Å². The highest BCUT2D eigenvalue weighted by Gasteiger charge is 2.38. The monoisotopic (exact) mass is 460 g/mol. The van der Waals surface area contributed by atoms with E-state index in [-0.39, 0.29) is 10.2 Å². The maximum atomic E-state index is 13.0. The number of sulfonamides is 1. The van der Waals surface area contributed by atoms with Gasteiger partial charge in [-0.2, -0.15) is 4.31 Å². The highest BCUT2D eigenvalue weighted by atomic mass is 32.2. The van der Waals surface area contributed by atoms with E-state index in [0.29, 0.717) is 25.3 Å². The summed E-state index contributed by atoms with van der Waals surface area (Å²) in [5.74, 6) is -0.0754. The molecule has 1 fully saturated rings. The Kier molecular flexibility index (Phi) is 6.49. The molecule has 1 aliphatic rings. The summed E-state index contributed by atoms with van der Waals surface area (Å²) < 4.78 is 33.0. The zero-order valence-corrected chi connectivity index (χ0v) is 18.8. The summed E-state index contributed by atoms with van der Waals surface area (Å²) in [5, 5.41) is 12.2. The number of nitrogens with one attached hydrogen (secondary N) is 1. The molecule has 1 aromatic carbocycles. The molecule has 1 aliphatic heterocycles. The van der Waals surface area contributed by atoms with Crippen molar-refractivity contribution in [2.75, 3.05) is 11.9 Å². The first-order chi connectivity index (χ1) is 15.0. The quantitative estimate of drug-likeness (QED) is 0.579. The summed E-state index contributed by atoms with van der Waals surface area (Å²) in [4.78, 5) is 12.9. The summed E-state index contributed by atoms with van der Waals surface area (Å²) in [5.41, 5.74) is 2.27. The maximum Gasteiger partial charge on any atom is 0.322 e. The van der Waals surface area contributed by atoms with Gasteiger partial charge in [-0.1, -0.05) is 48.8 Å². The molecule has 1 unspecified atom stereocenters. The highest BCUT2D eigenvalue weighted by molar-refractivity contribution is 7.91. The van der Waals surface area contributed by atoms with Crippen LogP contribution in [0.2, 0.25) is 0 Å². The average Bonchev–Trinajstić information content (AvgIpc) is 3.47. The number of anilines is 1. The molecule has 1 saturated heterocycles. The minimum atomic E-state index is -3.72. The molecule has 10 heteroatoms. The van der Waals surface area contributed by atoms with Gasteiger partial charge >= 0.3 is 6.01 Å². The third kappa shape index (κ3) is 4.86. The minimum Gasteiger partial charge on any atom is -0.407 e. The van der Waals surface area contributed by atoms with E-state index in [0.717, 1.165) is 36.2 Å². The van der Waals surface area contributed by atoms with Crippen LogP contribution >= 0.6 is 11.3 Å². The molecule has 0 aliphatic carbocycles. The Morgan fingerprint density at radius 2 is 1.97 bits per heavy atom. The van der Waals surface area contributed by atoms with Crippen LogP contribution in [-0.4, -0.2) is 41.4 Å². The first-order valence-corrected chi connectivity index (χ1v) is 12.6. The molecule has 4 rings (SSSR count). The second-order valence-electron chi connectivity index (χ2n) is 7.40. The van der Waals surface area contributed by atoms with Crippen LogP contribution in [0.25, 0.3) is 0 Å². The summed E-state index contributed by atoms with van der Waals surface area (Å²) in [6, 6.07) is 10.5. The number of rotatable bonds is 7. The number of piperidine rings is 1. The van der Waals surface area contributed by atoms with Crippen molar-refractivity contribution >= 4 is 33.3 Å². The number of amides is 1. The molecule has 3 aromatic rings. The number of aromatic nitrogens is 2. The van der Waals surface area contributed by atoms with E-state index < -0.39 is 22.0 Å². The first kappa shape index (κ1) is 21.7. The Labute approximate surface area is 185 Å². The largest absolute Gasteiger partial charge is 0.407 e. The molecule has 8 nitrogen and oxygen atoms in total.